The van der Waals surface area contributed by atoms with Crippen LogP contribution in [-0.4, -0.2) is 38.5 Å². The normalized spacial score (nSPS) is 27.5. The van der Waals surface area contributed by atoms with E-state index in [1.54, 1.807) is 0 Å². The van der Waals surface area contributed by atoms with E-state index in [0.717, 1.165) is 19.3 Å². The van der Waals surface area contributed by atoms with Gasteiger partial charge in [-0.15, -0.1) is 0 Å². The van der Waals surface area contributed by atoms with E-state index >= 15 is 0 Å². The molecule has 0 N–H and O–H groups in total. The average molecular weight is 266 g/mol. The minimum atomic E-state index is -0.555. The summed E-state index contributed by atoms with van der Waals surface area (Å²) in [5.41, 5.74) is 2.43. The van der Waals surface area contributed by atoms with E-state index < -0.39 is 6.10 Å². The number of ether oxygens (including phenoxy) is 3. The Labute approximate surface area is 114 Å². The summed E-state index contributed by atoms with van der Waals surface area (Å²) in [6, 6.07) is 0. The zero-order valence-corrected chi connectivity index (χ0v) is 11.5. The number of carbonyl (C=O) groups is 1. The maximum absolute atomic E-state index is 11.7. The van der Waals surface area contributed by atoms with Crippen molar-refractivity contribution in [3.05, 3.63) is 23.8 Å². The van der Waals surface area contributed by atoms with Gasteiger partial charge in [-0.25, -0.2) is 4.79 Å². The van der Waals surface area contributed by atoms with Crippen LogP contribution in [0.1, 0.15) is 26.2 Å². The number of esters is 1. The van der Waals surface area contributed by atoms with Gasteiger partial charge in [0.05, 0.1) is 19.8 Å². The number of hydrogen-bond donors (Lipinski definition) is 0. The third-order valence-corrected chi connectivity index (χ3v) is 3.68. The molecule has 0 aromatic carbocycles. The van der Waals surface area contributed by atoms with Crippen LogP contribution in [0, 0.1) is 5.92 Å². The highest BCUT2D eigenvalue weighted by atomic mass is 16.6. The second-order valence-corrected chi connectivity index (χ2v) is 5.22. The van der Waals surface area contributed by atoms with E-state index in [1.165, 1.54) is 11.1 Å². The summed E-state index contributed by atoms with van der Waals surface area (Å²) < 4.78 is 15.8. The highest BCUT2D eigenvalue weighted by molar-refractivity contribution is 5.75. The first-order valence-electron chi connectivity index (χ1n) is 6.86. The zero-order chi connectivity index (χ0) is 13.7. The van der Waals surface area contributed by atoms with Gasteiger partial charge in [0, 0.05) is 0 Å². The SMILES string of the molecule is C=C(C)[C@@H]1CC=C(COC(=O)C2COCCO2)CC1. The van der Waals surface area contributed by atoms with Crippen LogP contribution in [-0.2, 0) is 19.0 Å². The van der Waals surface area contributed by atoms with Crippen LogP contribution >= 0.6 is 0 Å². The van der Waals surface area contributed by atoms with Gasteiger partial charge in [0.25, 0.3) is 0 Å². The molecule has 1 aliphatic heterocycles. The van der Waals surface area contributed by atoms with Crippen LogP contribution in [0.2, 0.25) is 0 Å². The third kappa shape index (κ3) is 4.18. The second kappa shape index (κ2) is 6.87. The fraction of sp³-hybridized carbons (Fsp3) is 0.667. The quantitative estimate of drug-likeness (QED) is 0.578. The van der Waals surface area contributed by atoms with Crippen molar-refractivity contribution in [2.45, 2.75) is 32.3 Å². The molecule has 2 rings (SSSR count). The molecule has 1 heterocycles. The van der Waals surface area contributed by atoms with E-state index in [-0.39, 0.29) is 5.97 Å². The minimum absolute atomic E-state index is 0.301. The lowest BCUT2D eigenvalue weighted by Gasteiger charge is -2.24. The van der Waals surface area contributed by atoms with Crippen molar-refractivity contribution >= 4 is 5.97 Å². The van der Waals surface area contributed by atoms with Crippen LogP contribution in [0.15, 0.2) is 23.8 Å². The van der Waals surface area contributed by atoms with Crippen molar-refractivity contribution in [1.29, 1.82) is 0 Å². The Morgan fingerprint density at radius 3 is 2.95 bits per heavy atom. The topological polar surface area (TPSA) is 44.8 Å². The lowest BCUT2D eigenvalue weighted by Crippen LogP contribution is -2.37. The molecule has 0 spiro atoms. The predicted molar refractivity (Wildman–Crippen MR) is 71.8 cm³/mol. The minimum Gasteiger partial charge on any atom is -0.459 e. The molecule has 19 heavy (non-hydrogen) atoms. The van der Waals surface area contributed by atoms with Gasteiger partial charge < -0.3 is 14.2 Å². The molecule has 4 nitrogen and oxygen atoms in total. The predicted octanol–water partition coefficient (Wildman–Crippen LogP) is 2.25. The molecule has 2 atom stereocenters. The van der Waals surface area contributed by atoms with E-state index in [0.29, 0.717) is 32.3 Å². The van der Waals surface area contributed by atoms with Crippen molar-refractivity contribution in [2.24, 2.45) is 5.92 Å². The maximum Gasteiger partial charge on any atom is 0.338 e. The first kappa shape index (κ1) is 14.3. The number of carbonyl (C=O) groups excluding carboxylic acids is 1. The molecule has 4 heteroatoms. The molecule has 1 aliphatic carbocycles. The van der Waals surface area contributed by atoms with Crippen molar-refractivity contribution in [1.82, 2.24) is 0 Å². The fourth-order valence-electron chi connectivity index (χ4n) is 2.35. The first-order valence-corrected chi connectivity index (χ1v) is 6.86. The maximum atomic E-state index is 11.7. The molecule has 0 bridgehead atoms. The first-order chi connectivity index (χ1) is 9.16. The van der Waals surface area contributed by atoms with Crippen LogP contribution in [0.25, 0.3) is 0 Å². The standard InChI is InChI=1S/C15H22O4/c1-11(2)13-5-3-12(4-6-13)9-19-15(16)14-10-17-7-8-18-14/h3,13-14H,1,4-10H2,2H3/t13-,14?/m1/s1. The molecule has 0 radical (unpaired) electrons. The number of rotatable bonds is 4. The Hall–Kier alpha value is -1.13. The Kier molecular flexibility index (Phi) is 5.16. The molecule has 106 valence electrons. The smallest absolute Gasteiger partial charge is 0.338 e. The molecule has 0 aromatic heterocycles. The van der Waals surface area contributed by atoms with Gasteiger partial charge in [-0.05, 0) is 37.7 Å². The Morgan fingerprint density at radius 1 is 1.53 bits per heavy atom. The monoisotopic (exact) mass is 266 g/mol. The van der Waals surface area contributed by atoms with Gasteiger partial charge in [-0.2, -0.15) is 0 Å². The van der Waals surface area contributed by atoms with Crippen LogP contribution in [0.5, 0.6) is 0 Å². The Bertz CT molecular complexity index is 366. The lowest BCUT2D eigenvalue weighted by molar-refractivity contribution is -0.169. The van der Waals surface area contributed by atoms with Crippen molar-refractivity contribution < 1.29 is 19.0 Å². The molecule has 1 unspecified atom stereocenters. The molecular formula is C15H22O4. The van der Waals surface area contributed by atoms with Gasteiger partial charge in [0.15, 0.2) is 6.10 Å². The zero-order valence-electron chi connectivity index (χ0n) is 11.5. The van der Waals surface area contributed by atoms with E-state index in [9.17, 15) is 4.79 Å². The highest BCUT2D eigenvalue weighted by Gasteiger charge is 2.24. The number of allylic oxidation sites excluding steroid dienone is 2. The van der Waals surface area contributed by atoms with Crippen molar-refractivity contribution in [2.75, 3.05) is 26.4 Å². The molecule has 1 saturated heterocycles. The molecular weight excluding hydrogens is 244 g/mol. The van der Waals surface area contributed by atoms with Crippen molar-refractivity contribution in [3.63, 3.8) is 0 Å². The van der Waals surface area contributed by atoms with E-state index in [2.05, 4.69) is 19.6 Å². The third-order valence-electron chi connectivity index (χ3n) is 3.68. The largest absolute Gasteiger partial charge is 0.459 e. The summed E-state index contributed by atoms with van der Waals surface area (Å²) in [6.45, 7) is 7.76. The van der Waals surface area contributed by atoms with Crippen LogP contribution in [0.3, 0.4) is 0 Å². The summed E-state index contributed by atoms with van der Waals surface area (Å²) in [5, 5.41) is 0. The van der Waals surface area contributed by atoms with Crippen molar-refractivity contribution in [3.8, 4) is 0 Å². The van der Waals surface area contributed by atoms with Gasteiger partial charge in [0.2, 0.25) is 0 Å². The molecule has 0 saturated carbocycles. The highest BCUT2D eigenvalue weighted by Crippen LogP contribution is 2.28. The molecule has 1 fully saturated rings. The summed E-state index contributed by atoms with van der Waals surface area (Å²) in [4.78, 5) is 11.7. The Balaban J connectivity index is 1.73. The van der Waals surface area contributed by atoms with Crippen LogP contribution < -0.4 is 0 Å². The van der Waals surface area contributed by atoms with E-state index in [4.69, 9.17) is 14.2 Å². The summed E-state index contributed by atoms with van der Waals surface area (Å²) in [6.07, 6.45) is 4.70. The number of hydrogen-bond acceptors (Lipinski definition) is 4. The van der Waals surface area contributed by atoms with E-state index in [1.807, 2.05) is 0 Å². The van der Waals surface area contributed by atoms with Crippen LogP contribution in [0.4, 0.5) is 0 Å². The molecule has 2 aliphatic rings. The van der Waals surface area contributed by atoms with Gasteiger partial charge in [-0.3, -0.25) is 0 Å². The van der Waals surface area contributed by atoms with Gasteiger partial charge >= 0.3 is 5.97 Å². The summed E-state index contributed by atoms with van der Waals surface area (Å²) in [7, 11) is 0. The van der Waals surface area contributed by atoms with Gasteiger partial charge in [0.1, 0.15) is 6.61 Å². The Morgan fingerprint density at radius 2 is 2.37 bits per heavy atom. The molecule has 0 aromatic rings. The molecule has 0 amide bonds. The van der Waals surface area contributed by atoms with Gasteiger partial charge in [-0.1, -0.05) is 18.2 Å². The summed E-state index contributed by atoms with van der Waals surface area (Å²) in [5.74, 6) is 0.261. The summed E-state index contributed by atoms with van der Waals surface area (Å²) >= 11 is 0. The lowest BCUT2D eigenvalue weighted by atomic mass is 9.86. The second-order valence-electron chi connectivity index (χ2n) is 5.22. The average Bonchev–Trinajstić information content (AvgIpc) is 2.46. The fourth-order valence-corrected chi connectivity index (χ4v) is 2.35.